The van der Waals surface area contributed by atoms with Crippen molar-refractivity contribution in [3.05, 3.63) is 202 Å². The average Bonchev–Trinajstić information content (AvgIpc) is 3.58. The van der Waals surface area contributed by atoms with Gasteiger partial charge in [0.1, 0.15) is 0 Å². The highest BCUT2D eigenvalue weighted by molar-refractivity contribution is 5.91. The van der Waals surface area contributed by atoms with E-state index in [4.69, 9.17) is 0 Å². The molecule has 6 aromatic rings. The van der Waals surface area contributed by atoms with E-state index >= 15 is 0 Å². The monoisotopic (exact) mass is 576 g/mol. The Labute approximate surface area is 267 Å². The predicted octanol–water partition coefficient (Wildman–Crippen LogP) is 11.6. The first-order valence-corrected chi connectivity index (χ1v) is 16.0. The molecular weight excluding hydrogens is 540 g/mol. The molecule has 2 atom stereocenters. The largest absolute Gasteiger partial charge is 0.0984 e. The fraction of sp³-hybridized carbons (Fsp3) is 0.111. The van der Waals surface area contributed by atoms with E-state index in [2.05, 4.69) is 160 Å². The Bertz CT molecular complexity index is 1960. The highest BCUT2D eigenvalue weighted by Crippen LogP contribution is 2.58. The van der Waals surface area contributed by atoms with Gasteiger partial charge in [-0.15, -0.1) is 0 Å². The zero-order valence-electron chi connectivity index (χ0n) is 25.9. The maximum absolute atomic E-state index is 4.26. The normalized spacial score (nSPS) is 16.0. The summed E-state index contributed by atoms with van der Waals surface area (Å²) in [7, 11) is 0. The standard InChI is InChI=1S/C45H36/c1-5-31-25-27-39(41-29(3)35-21-13-15-23-37(35)43(31)41)45(33-17-9-7-10-18-33,34-19-11-8-12-20-34)40-28-26-32(6-2)44-38-24-16-14-22-36(38)30(4)42(40)44/h5-30H,1-2H2,3-4H3. The summed E-state index contributed by atoms with van der Waals surface area (Å²) in [4.78, 5) is 0. The summed E-state index contributed by atoms with van der Waals surface area (Å²) in [6.07, 6.45) is 4.05. The smallest absolute Gasteiger partial charge is 0.0707 e. The molecule has 0 saturated heterocycles. The molecule has 0 aliphatic heterocycles. The second-order valence-electron chi connectivity index (χ2n) is 12.5. The number of hydrogen-bond donors (Lipinski definition) is 0. The van der Waals surface area contributed by atoms with E-state index in [0.29, 0.717) is 0 Å². The summed E-state index contributed by atoms with van der Waals surface area (Å²) in [6, 6.07) is 49.6. The molecule has 216 valence electrons. The van der Waals surface area contributed by atoms with Crippen LogP contribution >= 0.6 is 0 Å². The van der Waals surface area contributed by atoms with E-state index in [0.717, 1.165) is 0 Å². The van der Waals surface area contributed by atoms with Gasteiger partial charge < -0.3 is 0 Å². The van der Waals surface area contributed by atoms with Crippen LogP contribution in [0, 0.1) is 0 Å². The zero-order valence-corrected chi connectivity index (χ0v) is 25.9. The van der Waals surface area contributed by atoms with Gasteiger partial charge in [0.2, 0.25) is 0 Å². The molecule has 0 radical (unpaired) electrons. The van der Waals surface area contributed by atoms with E-state index in [9.17, 15) is 0 Å². The molecule has 8 rings (SSSR count). The fourth-order valence-corrected chi connectivity index (χ4v) is 8.59. The molecule has 0 amide bonds. The van der Waals surface area contributed by atoms with Crippen molar-refractivity contribution in [2.75, 3.05) is 0 Å². The lowest BCUT2D eigenvalue weighted by atomic mass is 9.61. The van der Waals surface area contributed by atoms with Gasteiger partial charge in [0.15, 0.2) is 0 Å². The van der Waals surface area contributed by atoms with Gasteiger partial charge >= 0.3 is 0 Å². The highest BCUT2D eigenvalue weighted by atomic mass is 14.5. The number of hydrogen-bond acceptors (Lipinski definition) is 0. The summed E-state index contributed by atoms with van der Waals surface area (Å²) < 4.78 is 0. The van der Waals surface area contributed by atoms with Crippen LogP contribution in [-0.4, -0.2) is 0 Å². The quantitative estimate of drug-likeness (QED) is 0.173. The van der Waals surface area contributed by atoms with Crippen LogP contribution in [0.15, 0.2) is 147 Å². The molecule has 0 spiro atoms. The first-order valence-electron chi connectivity index (χ1n) is 16.0. The molecule has 0 nitrogen and oxygen atoms in total. The van der Waals surface area contributed by atoms with Crippen molar-refractivity contribution in [3.8, 4) is 22.3 Å². The molecular formula is C45H36. The number of rotatable bonds is 6. The summed E-state index contributed by atoms with van der Waals surface area (Å²) in [5.41, 5.74) is 17.8. The highest BCUT2D eigenvalue weighted by Gasteiger charge is 2.46. The van der Waals surface area contributed by atoms with Crippen LogP contribution in [0.1, 0.15) is 81.3 Å². The maximum atomic E-state index is 4.26. The third-order valence-electron chi connectivity index (χ3n) is 10.5. The van der Waals surface area contributed by atoms with Gasteiger partial charge in [-0.3, -0.25) is 0 Å². The summed E-state index contributed by atoms with van der Waals surface area (Å²) >= 11 is 0. The van der Waals surface area contributed by atoms with Gasteiger partial charge in [-0.2, -0.15) is 0 Å². The Morgan fingerprint density at radius 3 is 1.24 bits per heavy atom. The van der Waals surface area contributed by atoms with Crippen molar-refractivity contribution in [1.29, 1.82) is 0 Å². The molecule has 0 heteroatoms. The van der Waals surface area contributed by atoms with Crippen LogP contribution in [0.4, 0.5) is 0 Å². The van der Waals surface area contributed by atoms with Gasteiger partial charge in [0.05, 0.1) is 5.41 Å². The Balaban J connectivity index is 1.59. The zero-order chi connectivity index (χ0) is 30.7. The van der Waals surface area contributed by atoms with Crippen LogP contribution in [0.3, 0.4) is 0 Å². The lowest BCUT2D eigenvalue weighted by molar-refractivity contribution is 0.709. The average molecular weight is 577 g/mol. The molecule has 0 N–H and O–H groups in total. The van der Waals surface area contributed by atoms with E-state index in [1.54, 1.807) is 0 Å². The van der Waals surface area contributed by atoms with Crippen molar-refractivity contribution in [2.45, 2.75) is 31.1 Å². The van der Waals surface area contributed by atoms with Crippen LogP contribution in [0.5, 0.6) is 0 Å². The maximum Gasteiger partial charge on any atom is 0.0707 e. The van der Waals surface area contributed by atoms with Crippen LogP contribution < -0.4 is 0 Å². The molecule has 2 aliphatic carbocycles. The third kappa shape index (κ3) is 3.72. The Kier molecular flexibility index (Phi) is 6.36. The molecule has 0 saturated carbocycles. The van der Waals surface area contributed by atoms with Crippen LogP contribution in [0.25, 0.3) is 34.4 Å². The number of benzene rings is 6. The van der Waals surface area contributed by atoms with Crippen molar-refractivity contribution >= 4 is 12.2 Å². The van der Waals surface area contributed by atoms with Gasteiger partial charge in [-0.05, 0) is 77.9 Å². The van der Waals surface area contributed by atoms with Crippen molar-refractivity contribution in [1.82, 2.24) is 0 Å². The Morgan fingerprint density at radius 2 is 0.844 bits per heavy atom. The van der Waals surface area contributed by atoms with Gasteiger partial charge in [-0.1, -0.05) is 173 Å². The second-order valence-corrected chi connectivity index (χ2v) is 12.5. The molecule has 0 bridgehead atoms. The van der Waals surface area contributed by atoms with Gasteiger partial charge in [0.25, 0.3) is 0 Å². The van der Waals surface area contributed by atoms with E-state index in [1.807, 2.05) is 12.2 Å². The van der Waals surface area contributed by atoms with Crippen LogP contribution in [0.2, 0.25) is 0 Å². The molecule has 2 unspecified atom stereocenters. The van der Waals surface area contributed by atoms with Gasteiger partial charge in [-0.25, -0.2) is 0 Å². The topological polar surface area (TPSA) is 0 Å². The third-order valence-corrected chi connectivity index (χ3v) is 10.5. The summed E-state index contributed by atoms with van der Waals surface area (Å²) in [5, 5.41) is 0. The van der Waals surface area contributed by atoms with Gasteiger partial charge in [0, 0.05) is 11.8 Å². The molecule has 6 aromatic carbocycles. The van der Waals surface area contributed by atoms with Crippen molar-refractivity contribution in [3.63, 3.8) is 0 Å². The molecule has 0 fully saturated rings. The Morgan fingerprint density at radius 1 is 0.467 bits per heavy atom. The second kappa shape index (κ2) is 10.5. The van der Waals surface area contributed by atoms with Crippen molar-refractivity contribution in [2.24, 2.45) is 0 Å². The first kappa shape index (κ1) is 27.4. The molecule has 0 heterocycles. The lowest BCUT2D eigenvalue weighted by Crippen LogP contribution is -2.34. The minimum Gasteiger partial charge on any atom is -0.0984 e. The number of fused-ring (bicyclic) bond motifs is 6. The minimum atomic E-state index is -0.581. The van der Waals surface area contributed by atoms with E-state index in [-0.39, 0.29) is 11.8 Å². The van der Waals surface area contributed by atoms with Crippen LogP contribution in [-0.2, 0) is 5.41 Å². The SMILES string of the molecule is C=Cc1ccc(C(c2ccccc2)(c2ccccc2)c2ccc(C=C)c3c2C(C)c2ccccc2-3)c2c1-c1ccccc1C2C. The van der Waals surface area contributed by atoms with Crippen molar-refractivity contribution < 1.29 is 0 Å². The predicted molar refractivity (Wildman–Crippen MR) is 191 cm³/mol. The molecule has 45 heavy (non-hydrogen) atoms. The molecule has 0 aromatic heterocycles. The molecule has 2 aliphatic rings. The fourth-order valence-electron chi connectivity index (χ4n) is 8.59. The first-order chi connectivity index (χ1) is 22.1. The summed E-state index contributed by atoms with van der Waals surface area (Å²) in [6.45, 7) is 13.3. The van der Waals surface area contributed by atoms with E-state index < -0.39 is 5.41 Å². The Hall–Kier alpha value is -5.20. The lowest BCUT2D eigenvalue weighted by Gasteiger charge is -2.41. The minimum absolute atomic E-state index is 0.230. The van der Waals surface area contributed by atoms with E-state index in [1.165, 1.54) is 77.9 Å². The summed E-state index contributed by atoms with van der Waals surface area (Å²) in [5.74, 6) is 0.459.